The van der Waals surface area contributed by atoms with Crippen LogP contribution >= 0.6 is 0 Å². The average molecular weight is 300 g/mol. The lowest BCUT2D eigenvalue weighted by molar-refractivity contribution is 0.0378. The van der Waals surface area contributed by atoms with Crippen molar-refractivity contribution >= 4 is 0 Å². The minimum atomic E-state index is 0.134. The van der Waals surface area contributed by atoms with Gasteiger partial charge in [0.15, 0.2) is 0 Å². The molecule has 1 aliphatic rings. The van der Waals surface area contributed by atoms with Crippen molar-refractivity contribution in [2.45, 2.75) is 32.7 Å². The molecule has 1 N–H and O–H groups in total. The number of aliphatic hydroxyl groups excluding tert-OH is 1. The Labute approximate surface area is 131 Å². The second kappa shape index (κ2) is 6.63. The number of oxazole rings is 1. The number of aromatic nitrogens is 1. The molecule has 118 valence electrons. The zero-order valence-corrected chi connectivity index (χ0v) is 13.2. The van der Waals surface area contributed by atoms with E-state index in [1.54, 1.807) is 6.26 Å². The van der Waals surface area contributed by atoms with Crippen molar-refractivity contribution in [1.29, 1.82) is 0 Å². The third-order valence-corrected chi connectivity index (χ3v) is 4.96. The van der Waals surface area contributed by atoms with Crippen LogP contribution < -0.4 is 0 Å². The summed E-state index contributed by atoms with van der Waals surface area (Å²) < 4.78 is 5.60. The molecular weight excluding hydrogens is 276 g/mol. The van der Waals surface area contributed by atoms with Gasteiger partial charge < -0.3 is 9.52 Å². The first-order valence-corrected chi connectivity index (χ1v) is 8.08. The summed E-state index contributed by atoms with van der Waals surface area (Å²) in [4.78, 5) is 6.99. The van der Waals surface area contributed by atoms with Gasteiger partial charge in [-0.05, 0) is 49.9 Å². The Balaban J connectivity index is 1.60. The highest BCUT2D eigenvalue weighted by molar-refractivity contribution is 5.52. The molecule has 3 rings (SSSR count). The molecule has 0 saturated carbocycles. The molecule has 1 saturated heterocycles. The highest BCUT2D eigenvalue weighted by atomic mass is 16.3. The van der Waals surface area contributed by atoms with Crippen LogP contribution in [-0.4, -0.2) is 34.7 Å². The quantitative estimate of drug-likeness (QED) is 0.920. The summed E-state index contributed by atoms with van der Waals surface area (Å²) in [6.45, 7) is 5.33. The summed E-state index contributed by atoms with van der Waals surface area (Å²) >= 11 is 0. The summed E-state index contributed by atoms with van der Waals surface area (Å²) in [6, 6.07) is 9.98. The second-order valence-electron chi connectivity index (χ2n) is 6.30. The molecule has 1 aromatic carbocycles. The number of aliphatic hydroxyl groups is 1. The lowest BCUT2D eigenvalue weighted by atomic mass is 9.77. The van der Waals surface area contributed by atoms with E-state index in [2.05, 4.69) is 16.8 Å². The highest BCUT2D eigenvalue weighted by Crippen LogP contribution is 2.34. The minimum Gasteiger partial charge on any atom is -0.444 e. The van der Waals surface area contributed by atoms with Crippen LogP contribution in [0.2, 0.25) is 0 Å². The van der Waals surface area contributed by atoms with E-state index in [1.807, 2.05) is 30.3 Å². The normalized spacial score (nSPS) is 18.5. The fourth-order valence-electron chi connectivity index (χ4n) is 3.13. The van der Waals surface area contributed by atoms with Crippen LogP contribution in [-0.2, 0) is 6.54 Å². The maximum Gasteiger partial charge on any atom is 0.226 e. The number of rotatable bonds is 5. The molecule has 4 heteroatoms. The van der Waals surface area contributed by atoms with E-state index in [0.717, 1.165) is 50.2 Å². The molecule has 1 aromatic heterocycles. The molecule has 1 aliphatic heterocycles. The fraction of sp³-hybridized carbons (Fsp3) is 0.500. The molecular formula is C18H24N2O2. The van der Waals surface area contributed by atoms with Crippen LogP contribution in [0.15, 0.2) is 41.0 Å². The van der Waals surface area contributed by atoms with Gasteiger partial charge in [0.05, 0.1) is 5.69 Å². The summed E-state index contributed by atoms with van der Waals surface area (Å²) in [6.07, 6.45) is 4.93. The van der Waals surface area contributed by atoms with E-state index >= 15 is 0 Å². The number of hydrogen-bond donors (Lipinski definition) is 1. The lowest BCUT2D eigenvalue weighted by Gasteiger charge is -2.39. The van der Waals surface area contributed by atoms with E-state index in [-0.39, 0.29) is 5.41 Å². The molecule has 4 nitrogen and oxygen atoms in total. The van der Waals surface area contributed by atoms with Crippen molar-refractivity contribution < 1.29 is 9.52 Å². The van der Waals surface area contributed by atoms with Crippen molar-refractivity contribution in [3.05, 3.63) is 42.3 Å². The van der Waals surface area contributed by atoms with Gasteiger partial charge in [0.25, 0.3) is 0 Å². The van der Waals surface area contributed by atoms with Crippen LogP contribution in [0.5, 0.6) is 0 Å². The van der Waals surface area contributed by atoms with Gasteiger partial charge in [-0.3, -0.25) is 4.90 Å². The SMILES string of the molecule is CCC1(CO)CCN(Cc2coc(-c3ccccc3)n2)CC1. The van der Waals surface area contributed by atoms with Gasteiger partial charge >= 0.3 is 0 Å². The number of piperidine rings is 1. The Morgan fingerprint density at radius 1 is 1.23 bits per heavy atom. The summed E-state index contributed by atoms with van der Waals surface area (Å²) in [5, 5.41) is 9.60. The molecule has 1 fully saturated rings. The van der Waals surface area contributed by atoms with Crippen LogP contribution in [0.4, 0.5) is 0 Å². The monoisotopic (exact) mass is 300 g/mol. The molecule has 0 amide bonds. The fourth-order valence-corrected chi connectivity index (χ4v) is 3.13. The molecule has 22 heavy (non-hydrogen) atoms. The second-order valence-corrected chi connectivity index (χ2v) is 6.30. The first kappa shape index (κ1) is 15.3. The smallest absolute Gasteiger partial charge is 0.226 e. The van der Waals surface area contributed by atoms with Crippen molar-refractivity contribution in [3.8, 4) is 11.5 Å². The Morgan fingerprint density at radius 2 is 1.95 bits per heavy atom. The molecule has 2 aromatic rings. The van der Waals surface area contributed by atoms with Crippen molar-refractivity contribution in [1.82, 2.24) is 9.88 Å². The highest BCUT2D eigenvalue weighted by Gasteiger charge is 2.32. The predicted octanol–water partition coefficient (Wildman–Crippen LogP) is 3.33. The summed E-state index contributed by atoms with van der Waals surface area (Å²) in [5.74, 6) is 0.686. The van der Waals surface area contributed by atoms with Crippen LogP contribution in [0.3, 0.4) is 0 Å². The van der Waals surface area contributed by atoms with Crippen molar-refractivity contribution in [2.24, 2.45) is 5.41 Å². The van der Waals surface area contributed by atoms with Gasteiger partial charge in [0.2, 0.25) is 5.89 Å². The standard InChI is InChI=1S/C18H24N2O2/c1-2-18(14-21)8-10-20(11-9-18)12-16-13-22-17(19-16)15-6-4-3-5-7-15/h3-7,13,21H,2,8-12,14H2,1H3. The van der Waals surface area contributed by atoms with Gasteiger partial charge in [-0.2, -0.15) is 0 Å². The predicted molar refractivity (Wildman–Crippen MR) is 86.3 cm³/mol. The van der Waals surface area contributed by atoms with E-state index in [0.29, 0.717) is 12.5 Å². The van der Waals surface area contributed by atoms with E-state index in [9.17, 15) is 5.11 Å². The number of hydrogen-bond acceptors (Lipinski definition) is 4. The molecule has 0 bridgehead atoms. The Morgan fingerprint density at radius 3 is 2.59 bits per heavy atom. The third kappa shape index (κ3) is 3.23. The van der Waals surface area contributed by atoms with Gasteiger partial charge in [0.1, 0.15) is 6.26 Å². The zero-order valence-electron chi connectivity index (χ0n) is 13.2. The van der Waals surface area contributed by atoms with Crippen LogP contribution in [0, 0.1) is 5.41 Å². The third-order valence-electron chi connectivity index (χ3n) is 4.96. The average Bonchev–Trinajstić information content (AvgIpc) is 3.05. The van der Waals surface area contributed by atoms with Gasteiger partial charge in [0, 0.05) is 18.7 Å². The lowest BCUT2D eigenvalue weighted by Crippen LogP contribution is -2.41. The molecule has 0 aliphatic carbocycles. The topological polar surface area (TPSA) is 49.5 Å². The zero-order chi connectivity index (χ0) is 15.4. The first-order chi connectivity index (χ1) is 10.7. The summed E-state index contributed by atoms with van der Waals surface area (Å²) in [5.41, 5.74) is 2.12. The van der Waals surface area contributed by atoms with Gasteiger partial charge in [-0.15, -0.1) is 0 Å². The first-order valence-electron chi connectivity index (χ1n) is 8.08. The molecule has 2 heterocycles. The number of likely N-dealkylation sites (tertiary alicyclic amines) is 1. The maximum atomic E-state index is 9.60. The maximum absolute atomic E-state index is 9.60. The molecule has 0 spiro atoms. The number of benzene rings is 1. The number of nitrogens with zero attached hydrogens (tertiary/aromatic N) is 2. The van der Waals surface area contributed by atoms with Gasteiger partial charge in [-0.1, -0.05) is 25.1 Å². The van der Waals surface area contributed by atoms with Crippen molar-refractivity contribution in [2.75, 3.05) is 19.7 Å². The van der Waals surface area contributed by atoms with Gasteiger partial charge in [-0.25, -0.2) is 4.98 Å². The van der Waals surface area contributed by atoms with Crippen molar-refractivity contribution in [3.63, 3.8) is 0 Å². The summed E-state index contributed by atoms with van der Waals surface area (Å²) in [7, 11) is 0. The van der Waals surface area contributed by atoms with E-state index in [4.69, 9.17) is 4.42 Å². The van der Waals surface area contributed by atoms with Crippen LogP contribution in [0.1, 0.15) is 31.9 Å². The van der Waals surface area contributed by atoms with Crippen LogP contribution in [0.25, 0.3) is 11.5 Å². The molecule has 0 radical (unpaired) electrons. The Kier molecular flexibility index (Phi) is 4.60. The minimum absolute atomic E-state index is 0.134. The Hall–Kier alpha value is -1.65. The molecule has 0 atom stereocenters. The van der Waals surface area contributed by atoms with E-state index in [1.165, 1.54) is 0 Å². The molecule has 0 unspecified atom stereocenters. The Bertz CT molecular complexity index is 580. The van der Waals surface area contributed by atoms with E-state index < -0.39 is 0 Å². The largest absolute Gasteiger partial charge is 0.444 e.